The highest BCUT2D eigenvalue weighted by Crippen LogP contribution is 2.27. The van der Waals surface area contributed by atoms with E-state index in [1.165, 1.54) is 0 Å². The molecule has 18 heavy (non-hydrogen) atoms. The molecule has 7 heteroatoms. The standard InChI is InChI=1S/C11H22F3N3O/c1-7(2)10(3,4)6-16-5-8(9(15)17-18)11(12,13)14/h7-8,16,18H,5-6H2,1-4H3,(H2,15,17). The molecule has 0 aromatic rings. The molecule has 0 aliphatic heterocycles. The number of halogens is 3. The van der Waals surface area contributed by atoms with Crippen molar-refractivity contribution in [2.24, 2.45) is 28.1 Å². The van der Waals surface area contributed by atoms with Crippen LogP contribution in [0.4, 0.5) is 13.2 Å². The van der Waals surface area contributed by atoms with E-state index in [0.717, 1.165) is 0 Å². The number of nitrogens with zero attached hydrogens (tertiary/aromatic N) is 1. The average Bonchev–Trinajstić information content (AvgIpc) is 2.21. The van der Waals surface area contributed by atoms with Crippen LogP contribution in [0.2, 0.25) is 0 Å². The van der Waals surface area contributed by atoms with Crippen LogP contribution in [-0.4, -0.2) is 30.3 Å². The van der Waals surface area contributed by atoms with Crippen LogP contribution in [0.3, 0.4) is 0 Å². The van der Waals surface area contributed by atoms with Crippen LogP contribution >= 0.6 is 0 Å². The van der Waals surface area contributed by atoms with Crippen LogP contribution in [-0.2, 0) is 0 Å². The number of oxime groups is 1. The lowest BCUT2D eigenvalue weighted by molar-refractivity contribution is -0.155. The van der Waals surface area contributed by atoms with Crippen LogP contribution in [0.25, 0.3) is 0 Å². The third kappa shape index (κ3) is 5.12. The Morgan fingerprint density at radius 3 is 2.17 bits per heavy atom. The van der Waals surface area contributed by atoms with Crippen molar-refractivity contribution in [3.63, 3.8) is 0 Å². The Morgan fingerprint density at radius 1 is 1.33 bits per heavy atom. The van der Waals surface area contributed by atoms with E-state index in [0.29, 0.717) is 12.5 Å². The number of rotatable bonds is 6. The number of hydrogen-bond acceptors (Lipinski definition) is 3. The van der Waals surface area contributed by atoms with Crippen LogP contribution in [0.1, 0.15) is 27.7 Å². The average molecular weight is 269 g/mol. The molecule has 0 saturated carbocycles. The number of alkyl halides is 3. The van der Waals surface area contributed by atoms with E-state index in [-0.39, 0.29) is 5.41 Å². The number of nitrogens with two attached hydrogens (primary N) is 1. The summed E-state index contributed by atoms with van der Waals surface area (Å²) in [5, 5.41) is 13.5. The zero-order chi connectivity index (χ0) is 14.6. The monoisotopic (exact) mass is 269 g/mol. The Bertz CT molecular complexity index is 288. The van der Waals surface area contributed by atoms with Gasteiger partial charge in [0.2, 0.25) is 0 Å². The second-order valence-corrected chi connectivity index (χ2v) is 5.39. The third-order valence-corrected chi connectivity index (χ3v) is 3.36. The minimum absolute atomic E-state index is 0.124. The van der Waals surface area contributed by atoms with Crippen molar-refractivity contribution >= 4 is 5.84 Å². The van der Waals surface area contributed by atoms with Gasteiger partial charge in [0.1, 0.15) is 5.92 Å². The minimum atomic E-state index is -4.52. The largest absolute Gasteiger partial charge is 0.409 e. The summed E-state index contributed by atoms with van der Waals surface area (Å²) in [4.78, 5) is 0. The molecular formula is C11H22F3N3O. The Kier molecular flexibility index (Phi) is 5.92. The molecule has 1 unspecified atom stereocenters. The zero-order valence-electron chi connectivity index (χ0n) is 11.2. The Morgan fingerprint density at radius 2 is 1.83 bits per heavy atom. The number of amidine groups is 1. The molecule has 1 atom stereocenters. The molecule has 4 N–H and O–H groups in total. The molecule has 0 spiro atoms. The molecule has 4 nitrogen and oxygen atoms in total. The highest BCUT2D eigenvalue weighted by Gasteiger charge is 2.42. The van der Waals surface area contributed by atoms with E-state index in [1.807, 2.05) is 27.7 Å². The quantitative estimate of drug-likeness (QED) is 0.299. The fourth-order valence-electron chi connectivity index (χ4n) is 1.20. The van der Waals surface area contributed by atoms with Gasteiger partial charge in [0.25, 0.3) is 0 Å². The van der Waals surface area contributed by atoms with E-state index in [9.17, 15) is 13.2 Å². The summed E-state index contributed by atoms with van der Waals surface area (Å²) < 4.78 is 37.9. The molecule has 108 valence electrons. The molecule has 0 rings (SSSR count). The number of hydrogen-bond donors (Lipinski definition) is 3. The molecule has 0 aromatic carbocycles. The maximum absolute atomic E-state index is 12.6. The zero-order valence-corrected chi connectivity index (χ0v) is 11.2. The highest BCUT2D eigenvalue weighted by atomic mass is 19.4. The summed E-state index contributed by atoms with van der Waals surface area (Å²) in [6.45, 7) is 7.98. The van der Waals surface area contributed by atoms with Crippen LogP contribution < -0.4 is 11.1 Å². The molecule has 0 aliphatic rings. The molecular weight excluding hydrogens is 247 g/mol. The molecule has 0 fully saturated rings. The van der Waals surface area contributed by atoms with Gasteiger partial charge in [0, 0.05) is 13.1 Å². The lowest BCUT2D eigenvalue weighted by Gasteiger charge is -2.30. The summed E-state index contributed by atoms with van der Waals surface area (Å²) in [6.07, 6.45) is -4.52. The van der Waals surface area contributed by atoms with Crippen molar-refractivity contribution in [3.8, 4) is 0 Å². The van der Waals surface area contributed by atoms with Gasteiger partial charge in [0.15, 0.2) is 5.84 Å². The second kappa shape index (κ2) is 6.26. The van der Waals surface area contributed by atoms with Gasteiger partial charge in [-0.05, 0) is 11.3 Å². The van der Waals surface area contributed by atoms with Crippen LogP contribution in [0.5, 0.6) is 0 Å². The van der Waals surface area contributed by atoms with E-state index in [4.69, 9.17) is 10.9 Å². The SMILES string of the molecule is CC(C)C(C)(C)CNCC(C(N)=NO)C(F)(F)F. The Hall–Kier alpha value is -0.980. The normalized spacial score (nSPS) is 16.1. The van der Waals surface area contributed by atoms with Crippen molar-refractivity contribution < 1.29 is 18.4 Å². The lowest BCUT2D eigenvalue weighted by atomic mass is 9.81. The maximum Gasteiger partial charge on any atom is 0.400 e. The number of nitrogens with one attached hydrogen (secondary N) is 1. The third-order valence-electron chi connectivity index (χ3n) is 3.36. The van der Waals surface area contributed by atoms with E-state index in [2.05, 4.69) is 10.5 Å². The summed E-state index contributed by atoms with van der Waals surface area (Å²) in [6, 6.07) is 0. The van der Waals surface area contributed by atoms with Crippen LogP contribution in [0, 0.1) is 17.3 Å². The molecule has 0 aromatic heterocycles. The summed E-state index contributed by atoms with van der Waals surface area (Å²) in [7, 11) is 0. The second-order valence-electron chi connectivity index (χ2n) is 5.39. The lowest BCUT2D eigenvalue weighted by Crippen LogP contribution is -2.45. The van der Waals surface area contributed by atoms with Gasteiger partial charge >= 0.3 is 6.18 Å². The minimum Gasteiger partial charge on any atom is -0.409 e. The molecule has 0 bridgehead atoms. The fraction of sp³-hybridized carbons (Fsp3) is 0.909. The highest BCUT2D eigenvalue weighted by molar-refractivity contribution is 5.83. The van der Waals surface area contributed by atoms with Gasteiger partial charge in [-0.3, -0.25) is 0 Å². The van der Waals surface area contributed by atoms with Gasteiger partial charge < -0.3 is 16.3 Å². The predicted octanol–water partition coefficient (Wildman–Crippen LogP) is 2.18. The van der Waals surface area contributed by atoms with E-state index >= 15 is 0 Å². The van der Waals surface area contributed by atoms with Crippen LogP contribution in [0.15, 0.2) is 5.16 Å². The maximum atomic E-state index is 12.6. The summed E-state index contributed by atoms with van der Waals surface area (Å²) in [5.74, 6) is -2.46. The predicted molar refractivity (Wildman–Crippen MR) is 64.4 cm³/mol. The summed E-state index contributed by atoms with van der Waals surface area (Å²) in [5.41, 5.74) is 4.93. The summed E-state index contributed by atoms with van der Waals surface area (Å²) >= 11 is 0. The first-order valence-electron chi connectivity index (χ1n) is 5.77. The van der Waals surface area contributed by atoms with Crippen molar-refractivity contribution in [2.45, 2.75) is 33.9 Å². The topological polar surface area (TPSA) is 70.6 Å². The molecule has 0 heterocycles. The van der Waals surface area contributed by atoms with E-state index in [1.54, 1.807) is 0 Å². The Balaban J connectivity index is 4.48. The smallest absolute Gasteiger partial charge is 0.400 e. The van der Waals surface area contributed by atoms with Crippen molar-refractivity contribution in [2.75, 3.05) is 13.1 Å². The fourth-order valence-corrected chi connectivity index (χ4v) is 1.20. The van der Waals surface area contributed by atoms with Gasteiger partial charge in [-0.2, -0.15) is 13.2 Å². The van der Waals surface area contributed by atoms with Gasteiger partial charge in [-0.1, -0.05) is 32.9 Å². The van der Waals surface area contributed by atoms with Gasteiger partial charge in [-0.25, -0.2) is 0 Å². The van der Waals surface area contributed by atoms with Crippen molar-refractivity contribution in [1.29, 1.82) is 0 Å². The molecule has 0 saturated heterocycles. The first-order valence-corrected chi connectivity index (χ1v) is 5.77. The Labute approximate surface area is 105 Å². The molecule has 0 aliphatic carbocycles. The first-order chi connectivity index (χ1) is 8.02. The van der Waals surface area contributed by atoms with Gasteiger partial charge in [0.05, 0.1) is 0 Å². The van der Waals surface area contributed by atoms with Gasteiger partial charge in [-0.15, -0.1) is 0 Å². The van der Waals surface area contributed by atoms with E-state index < -0.39 is 24.5 Å². The molecule has 0 radical (unpaired) electrons. The van der Waals surface area contributed by atoms with Crippen molar-refractivity contribution in [1.82, 2.24) is 5.32 Å². The first kappa shape index (κ1) is 17.0. The molecule has 0 amide bonds. The van der Waals surface area contributed by atoms with Crippen molar-refractivity contribution in [3.05, 3.63) is 0 Å².